The zero-order valence-electron chi connectivity index (χ0n) is 14.2. The fraction of sp³-hybridized carbons (Fsp3) is 0.312. The van der Waals surface area contributed by atoms with Crippen LogP contribution >= 0.6 is 0 Å². The van der Waals surface area contributed by atoms with E-state index in [1.807, 2.05) is 0 Å². The van der Waals surface area contributed by atoms with Crippen molar-refractivity contribution in [3.63, 3.8) is 0 Å². The zero-order valence-corrected chi connectivity index (χ0v) is 15.2. The van der Waals surface area contributed by atoms with E-state index in [1.54, 1.807) is 20.8 Å². The Labute approximate surface area is 150 Å². The highest BCUT2D eigenvalue weighted by atomic mass is 28.2. The molecular weight excluding hydrogens is 362 g/mol. The third-order valence-corrected chi connectivity index (χ3v) is 4.44. The number of ether oxygens (including phenoxy) is 1. The van der Waals surface area contributed by atoms with E-state index in [-0.39, 0.29) is 21.5 Å². The maximum Gasteiger partial charge on any atom is 0.311 e. The molecule has 2 radical (unpaired) electrons. The number of hydrogen-bond acceptors (Lipinski definition) is 8. The van der Waals surface area contributed by atoms with Crippen molar-refractivity contribution in [1.29, 1.82) is 0 Å². The number of phenols is 3. The van der Waals surface area contributed by atoms with Crippen molar-refractivity contribution < 1.29 is 34.6 Å². The summed E-state index contributed by atoms with van der Waals surface area (Å²) in [7, 11) is -0.947. The van der Waals surface area contributed by atoms with Gasteiger partial charge in [0.15, 0.2) is 11.5 Å². The molecule has 0 saturated heterocycles. The summed E-state index contributed by atoms with van der Waals surface area (Å²) in [6.45, 7) is 4.49. The first kappa shape index (κ1) is 19.5. The molecule has 0 aromatic heterocycles. The number of nitrogens with zero attached hydrogens (tertiary/aromatic N) is 1. The van der Waals surface area contributed by atoms with Gasteiger partial charge in [0.1, 0.15) is 6.61 Å². The fourth-order valence-corrected chi connectivity index (χ4v) is 2.83. The highest BCUT2D eigenvalue weighted by Gasteiger charge is 2.27. The Morgan fingerprint density at radius 1 is 1.15 bits per heavy atom. The molecule has 0 spiro atoms. The molecule has 0 aliphatic heterocycles. The standard InChI is InChI=1S/C16H17NO8Si/c1-16(2,3)15(21)25-6-7-4-9-8(5-10(7)17(22)23)11(18)12(19)13(20)14(9)26-24/h4-5,18-20,24H,6H2,1-3H3. The molecule has 2 aromatic carbocycles. The number of nitro groups is 1. The molecule has 2 aromatic rings. The summed E-state index contributed by atoms with van der Waals surface area (Å²) in [4.78, 5) is 32.0. The van der Waals surface area contributed by atoms with Gasteiger partial charge in [-0.15, -0.1) is 0 Å². The molecule has 0 aliphatic rings. The Morgan fingerprint density at radius 3 is 2.27 bits per heavy atom. The minimum Gasteiger partial charge on any atom is -0.504 e. The summed E-state index contributed by atoms with van der Waals surface area (Å²) in [6, 6.07) is 2.23. The molecule has 26 heavy (non-hydrogen) atoms. The molecule has 138 valence electrons. The average Bonchev–Trinajstić information content (AvgIpc) is 2.56. The number of fused-ring (bicyclic) bond motifs is 1. The Hall–Kier alpha value is -2.85. The first-order chi connectivity index (χ1) is 12.0. The minimum atomic E-state index is -0.947. The SMILES string of the molecule is CC(C)(C)C(=O)OCc1cc2c([Si]O)c(O)c(O)c(O)c2cc1[N+](=O)[O-]. The first-order valence-electron chi connectivity index (χ1n) is 7.44. The van der Waals surface area contributed by atoms with Crippen LogP contribution in [0.1, 0.15) is 26.3 Å². The van der Waals surface area contributed by atoms with Gasteiger partial charge in [0.25, 0.3) is 15.5 Å². The van der Waals surface area contributed by atoms with Crippen LogP contribution in [0, 0.1) is 15.5 Å². The molecule has 9 nitrogen and oxygen atoms in total. The largest absolute Gasteiger partial charge is 0.504 e. The molecule has 0 heterocycles. The Morgan fingerprint density at radius 2 is 1.77 bits per heavy atom. The zero-order chi connectivity index (χ0) is 19.8. The van der Waals surface area contributed by atoms with Crippen molar-refractivity contribution >= 4 is 37.4 Å². The maximum absolute atomic E-state index is 11.9. The molecule has 2 rings (SSSR count). The van der Waals surface area contributed by atoms with Gasteiger partial charge in [-0.05, 0) is 32.2 Å². The van der Waals surface area contributed by atoms with Crippen molar-refractivity contribution in [3.05, 3.63) is 27.8 Å². The number of aromatic hydroxyl groups is 3. The van der Waals surface area contributed by atoms with Gasteiger partial charge in [-0.25, -0.2) is 0 Å². The number of phenolic OH excluding ortho intramolecular Hbond substituents is 3. The van der Waals surface area contributed by atoms with Gasteiger partial charge in [0, 0.05) is 16.6 Å². The third-order valence-electron chi connectivity index (χ3n) is 3.71. The molecule has 10 heteroatoms. The quantitative estimate of drug-likeness (QED) is 0.203. The van der Waals surface area contributed by atoms with Gasteiger partial charge in [0.2, 0.25) is 5.75 Å². The van der Waals surface area contributed by atoms with E-state index in [9.17, 15) is 35.0 Å². The maximum atomic E-state index is 11.9. The molecule has 0 fully saturated rings. The Kier molecular flexibility index (Phi) is 5.10. The number of benzene rings is 2. The van der Waals surface area contributed by atoms with Crippen LogP contribution in [-0.2, 0) is 16.1 Å². The summed E-state index contributed by atoms with van der Waals surface area (Å²) < 4.78 is 5.11. The molecular formula is C16H17NO8Si. The molecule has 0 atom stereocenters. The summed E-state index contributed by atoms with van der Waals surface area (Å²) in [5, 5.41) is 40.9. The van der Waals surface area contributed by atoms with Crippen LogP contribution in [0.2, 0.25) is 0 Å². The van der Waals surface area contributed by atoms with E-state index >= 15 is 0 Å². The predicted octanol–water partition coefficient (Wildman–Crippen LogP) is 1.19. The lowest BCUT2D eigenvalue weighted by molar-refractivity contribution is -0.385. The topological polar surface area (TPSA) is 150 Å². The number of esters is 1. The number of carbonyl (C=O) groups is 1. The van der Waals surface area contributed by atoms with E-state index in [0.717, 1.165) is 6.07 Å². The second kappa shape index (κ2) is 6.81. The van der Waals surface area contributed by atoms with Crippen LogP contribution in [-0.4, -0.2) is 40.8 Å². The van der Waals surface area contributed by atoms with Gasteiger partial charge < -0.3 is 24.9 Å². The lowest BCUT2D eigenvalue weighted by Gasteiger charge is -2.17. The third kappa shape index (κ3) is 3.41. The summed E-state index contributed by atoms with van der Waals surface area (Å²) in [5.74, 6) is -2.91. The smallest absolute Gasteiger partial charge is 0.311 e. The van der Waals surface area contributed by atoms with Crippen molar-refractivity contribution in [1.82, 2.24) is 0 Å². The van der Waals surface area contributed by atoms with Gasteiger partial charge in [-0.1, -0.05) is 0 Å². The monoisotopic (exact) mass is 379 g/mol. The lowest BCUT2D eigenvalue weighted by Crippen LogP contribution is -2.23. The highest BCUT2D eigenvalue weighted by Crippen LogP contribution is 2.41. The van der Waals surface area contributed by atoms with Crippen molar-refractivity contribution in [2.75, 3.05) is 0 Å². The summed E-state index contributed by atoms with van der Waals surface area (Å²) >= 11 is 0. The summed E-state index contributed by atoms with van der Waals surface area (Å²) in [5.41, 5.74) is -1.22. The second-order valence-corrected chi connectivity index (χ2v) is 7.37. The van der Waals surface area contributed by atoms with Gasteiger partial charge in [0.05, 0.1) is 15.9 Å². The van der Waals surface area contributed by atoms with Crippen LogP contribution in [0.3, 0.4) is 0 Å². The fourth-order valence-electron chi connectivity index (χ4n) is 2.28. The number of nitro benzene ring substituents is 1. The van der Waals surface area contributed by atoms with E-state index in [0.29, 0.717) is 0 Å². The van der Waals surface area contributed by atoms with Crippen LogP contribution in [0.4, 0.5) is 5.69 Å². The number of rotatable bonds is 4. The Bertz CT molecular complexity index is 904. The predicted molar refractivity (Wildman–Crippen MR) is 92.5 cm³/mol. The number of carbonyl (C=O) groups excluding carboxylic acids is 1. The minimum absolute atomic E-state index is 0.0177. The average molecular weight is 379 g/mol. The van der Waals surface area contributed by atoms with Crippen molar-refractivity contribution in [3.8, 4) is 17.2 Å². The van der Waals surface area contributed by atoms with Crippen molar-refractivity contribution in [2.24, 2.45) is 5.41 Å². The second-order valence-electron chi connectivity index (χ2n) is 6.64. The number of hydrogen-bond donors (Lipinski definition) is 4. The van der Waals surface area contributed by atoms with Crippen molar-refractivity contribution in [2.45, 2.75) is 27.4 Å². The molecule has 0 unspecified atom stereocenters. The van der Waals surface area contributed by atoms with E-state index in [4.69, 9.17) is 4.74 Å². The Balaban J connectivity index is 2.66. The molecule has 0 saturated carbocycles. The van der Waals surface area contributed by atoms with Gasteiger partial charge >= 0.3 is 5.97 Å². The van der Waals surface area contributed by atoms with Crippen LogP contribution < -0.4 is 5.19 Å². The molecule has 0 aliphatic carbocycles. The first-order valence-corrected chi connectivity index (χ1v) is 8.39. The van der Waals surface area contributed by atoms with Crippen LogP contribution in [0.5, 0.6) is 17.2 Å². The molecule has 0 bridgehead atoms. The lowest BCUT2D eigenvalue weighted by atomic mass is 9.97. The van der Waals surface area contributed by atoms with Gasteiger partial charge in [-0.3, -0.25) is 14.9 Å². The normalized spacial score (nSPS) is 11.5. The highest BCUT2D eigenvalue weighted by molar-refractivity contribution is 6.52. The van der Waals surface area contributed by atoms with Gasteiger partial charge in [-0.2, -0.15) is 0 Å². The van der Waals surface area contributed by atoms with E-state index < -0.39 is 55.6 Å². The molecule has 4 N–H and O–H groups in total. The van der Waals surface area contributed by atoms with E-state index in [2.05, 4.69) is 0 Å². The summed E-state index contributed by atoms with van der Waals surface area (Å²) in [6.07, 6.45) is 0. The van der Waals surface area contributed by atoms with Crippen LogP contribution in [0.25, 0.3) is 10.8 Å². The van der Waals surface area contributed by atoms with Crippen LogP contribution in [0.15, 0.2) is 12.1 Å². The van der Waals surface area contributed by atoms with E-state index in [1.165, 1.54) is 6.07 Å². The molecule has 0 amide bonds.